The van der Waals surface area contributed by atoms with Crippen LogP contribution >= 0.6 is 0 Å². The lowest BCUT2D eigenvalue weighted by atomic mass is 10.1. The number of aromatic nitrogens is 2. The van der Waals surface area contributed by atoms with Crippen LogP contribution in [-0.2, 0) is 11.3 Å². The lowest BCUT2D eigenvalue weighted by Gasteiger charge is -2.41. The minimum absolute atomic E-state index is 0.0109. The molecule has 0 radical (unpaired) electrons. The Balaban J connectivity index is 1.81. The number of carbonyl (C=O) groups is 1. The summed E-state index contributed by atoms with van der Waals surface area (Å²) in [6.07, 6.45) is 2.52. The molecular formula is C13H21N5O4. The van der Waals surface area contributed by atoms with Crippen LogP contribution < -0.4 is 5.32 Å². The molecule has 1 aliphatic rings. The Morgan fingerprint density at radius 2 is 2.36 bits per heavy atom. The summed E-state index contributed by atoms with van der Waals surface area (Å²) in [6, 6.07) is -0.162. The Morgan fingerprint density at radius 3 is 2.95 bits per heavy atom. The molecule has 0 aromatic carbocycles. The zero-order valence-electron chi connectivity index (χ0n) is 13.0. The minimum Gasteiger partial charge on any atom is -0.369 e. The van der Waals surface area contributed by atoms with Gasteiger partial charge in [0.25, 0.3) is 0 Å². The Labute approximate surface area is 128 Å². The van der Waals surface area contributed by atoms with Crippen LogP contribution in [0.3, 0.4) is 0 Å². The Hall–Kier alpha value is -2.16. The van der Waals surface area contributed by atoms with Gasteiger partial charge in [-0.25, -0.2) is 4.79 Å². The molecule has 9 heteroatoms. The molecule has 122 valence electrons. The van der Waals surface area contributed by atoms with Gasteiger partial charge in [-0.15, -0.1) is 0 Å². The lowest BCUT2D eigenvalue weighted by Crippen LogP contribution is -2.56. The second-order valence-electron chi connectivity index (χ2n) is 6.02. The van der Waals surface area contributed by atoms with Crippen LogP contribution in [0.4, 0.5) is 10.5 Å². The molecule has 0 aliphatic carbocycles. The number of hydrogen-bond acceptors (Lipinski definition) is 5. The summed E-state index contributed by atoms with van der Waals surface area (Å²) in [6.45, 7) is 7.63. The van der Waals surface area contributed by atoms with E-state index in [9.17, 15) is 14.9 Å². The second-order valence-corrected chi connectivity index (χ2v) is 6.02. The van der Waals surface area contributed by atoms with Gasteiger partial charge in [0.1, 0.15) is 12.4 Å². The number of nitrogens with zero attached hydrogens (tertiary/aromatic N) is 4. The van der Waals surface area contributed by atoms with Gasteiger partial charge in [0.05, 0.1) is 29.7 Å². The maximum Gasteiger partial charge on any atom is 0.317 e. The number of nitro groups is 1. The van der Waals surface area contributed by atoms with Crippen LogP contribution in [-0.4, -0.2) is 57.0 Å². The average Bonchev–Trinajstić information content (AvgIpc) is 2.85. The fourth-order valence-corrected chi connectivity index (χ4v) is 2.57. The van der Waals surface area contributed by atoms with Gasteiger partial charge in [-0.05, 0) is 20.8 Å². The van der Waals surface area contributed by atoms with Gasteiger partial charge < -0.3 is 15.0 Å². The molecular weight excluding hydrogens is 290 g/mol. The van der Waals surface area contributed by atoms with Gasteiger partial charge in [0, 0.05) is 13.1 Å². The molecule has 2 heterocycles. The Morgan fingerprint density at radius 1 is 1.64 bits per heavy atom. The van der Waals surface area contributed by atoms with Gasteiger partial charge in [0.15, 0.2) is 0 Å². The molecule has 1 aromatic heterocycles. The predicted molar refractivity (Wildman–Crippen MR) is 78.5 cm³/mol. The van der Waals surface area contributed by atoms with Crippen molar-refractivity contribution in [3.63, 3.8) is 0 Å². The van der Waals surface area contributed by atoms with Gasteiger partial charge in [0.2, 0.25) is 0 Å². The highest BCUT2D eigenvalue weighted by Gasteiger charge is 2.33. The zero-order chi connectivity index (χ0) is 16.3. The van der Waals surface area contributed by atoms with E-state index in [1.54, 1.807) is 4.90 Å². The first kappa shape index (κ1) is 16.2. The summed E-state index contributed by atoms with van der Waals surface area (Å²) in [4.78, 5) is 23.9. The summed E-state index contributed by atoms with van der Waals surface area (Å²) in [5, 5.41) is 17.2. The highest BCUT2D eigenvalue weighted by atomic mass is 16.6. The van der Waals surface area contributed by atoms with Crippen molar-refractivity contribution in [2.45, 2.75) is 39.0 Å². The molecule has 0 spiro atoms. The quantitative estimate of drug-likeness (QED) is 0.660. The van der Waals surface area contributed by atoms with E-state index < -0.39 is 4.92 Å². The molecule has 1 N–H and O–H groups in total. The number of ether oxygens (including phenoxy) is 1. The van der Waals surface area contributed by atoms with Gasteiger partial charge in [-0.1, -0.05) is 0 Å². The molecule has 2 amide bonds. The number of hydrogen-bond donors (Lipinski definition) is 1. The summed E-state index contributed by atoms with van der Waals surface area (Å²) in [7, 11) is 0. The van der Waals surface area contributed by atoms with Crippen LogP contribution in [0.5, 0.6) is 0 Å². The van der Waals surface area contributed by atoms with Crippen LogP contribution in [0.15, 0.2) is 12.4 Å². The van der Waals surface area contributed by atoms with Crippen molar-refractivity contribution >= 4 is 11.7 Å². The molecule has 1 aliphatic heterocycles. The third kappa shape index (κ3) is 4.17. The molecule has 0 saturated carbocycles. The van der Waals surface area contributed by atoms with Crippen molar-refractivity contribution < 1.29 is 14.5 Å². The number of carbonyl (C=O) groups excluding carboxylic acids is 1. The van der Waals surface area contributed by atoms with Crippen LogP contribution in [0.2, 0.25) is 0 Å². The fourth-order valence-electron chi connectivity index (χ4n) is 2.57. The average molecular weight is 311 g/mol. The van der Waals surface area contributed by atoms with E-state index in [0.717, 1.165) is 0 Å². The first-order valence-corrected chi connectivity index (χ1v) is 7.14. The number of amides is 2. The number of morpholine rings is 1. The normalized spacial score (nSPS) is 20.7. The Bertz CT molecular complexity index is 556. The standard InChI is InChI=1S/C13H21N5O4/c1-10-7-16(9-13(2,3)22-10)12(19)14-4-5-17-8-11(6-15-17)18(20)21/h6,8,10H,4-5,7,9H2,1-3H3,(H,14,19)/t10-/m1/s1. The largest absolute Gasteiger partial charge is 0.369 e. The van der Waals surface area contributed by atoms with E-state index in [1.807, 2.05) is 20.8 Å². The van der Waals surface area contributed by atoms with E-state index in [2.05, 4.69) is 10.4 Å². The van der Waals surface area contributed by atoms with Crippen molar-refractivity contribution in [2.75, 3.05) is 19.6 Å². The fraction of sp³-hybridized carbons (Fsp3) is 0.692. The van der Waals surface area contributed by atoms with E-state index in [4.69, 9.17) is 4.74 Å². The summed E-state index contributed by atoms with van der Waals surface area (Å²) >= 11 is 0. The molecule has 0 unspecified atom stereocenters. The topological polar surface area (TPSA) is 103 Å². The van der Waals surface area contributed by atoms with Crippen molar-refractivity contribution in [1.29, 1.82) is 0 Å². The van der Waals surface area contributed by atoms with Crippen molar-refractivity contribution in [3.05, 3.63) is 22.5 Å². The van der Waals surface area contributed by atoms with Crippen LogP contribution in [0, 0.1) is 10.1 Å². The minimum atomic E-state index is -0.501. The molecule has 1 fully saturated rings. The maximum atomic E-state index is 12.2. The number of nitrogens with one attached hydrogen (secondary N) is 1. The number of rotatable bonds is 4. The van der Waals surface area contributed by atoms with Crippen molar-refractivity contribution in [2.24, 2.45) is 0 Å². The van der Waals surface area contributed by atoms with Crippen molar-refractivity contribution in [1.82, 2.24) is 20.0 Å². The highest BCUT2D eigenvalue weighted by Crippen LogP contribution is 2.20. The Kier molecular flexibility index (Phi) is 4.65. The molecule has 1 aromatic rings. The van der Waals surface area contributed by atoms with E-state index in [0.29, 0.717) is 26.2 Å². The van der Waals surface area contributed by atoms with Crippen LogP contribution in [0.1, 0.15) is 20.8 Å². The highest BCUT2D eigenvalue weighted by molar-refractivity contribution is 5.74. The molecule has 9 nitrogen and oxygen atoms in total. The smallest absolute Gasteiger partial charge is 0.317 e. The predicted octanol–water partition coefficient (Wildman–Crippen LogP) is 1.00. The first-order chi connectivity index (χ1) is 10.3. The molecule has 2 rings (SSSR count). The molecule has 1 atom stereocenters. The summed E-state index contributed by atoms with van der Waals surface area (Å²) in [5.41, 5.74) is -0.424. The monoisotopic (exact) mass is 311 g/mol. The van der Waals surface area contributed by atoms with Gasteiger partial charge >= 0.3 is 11.7 Å². The van der Waals surface area contributed by atoms with E-state index in [-0.39, 0.29) is 23.4 Å². The first-order valence-electron chi connectivity index (χ1n) is 7.14. The third-order valence-electron chi connectivity index (χ3n) is 3.30. The SMILES string of the molecule is C[C@@H]1CN(C(=O)NCCn2cc([N+](=O)[O-])cn2)CC(C)(C)O1. The lowest BCUT2D eigenvalue weighted by molar-refractivity contribution is -0.385. The van der Waals surface area contributed by atoms with E-state index >= 15 is 0 Å². The molecule has 22 heavy (non-hydrogen) atoms. The van der Waals surface area contributed by atoms with Gasteiger partial charge in [-0.3, -0.25) is 14.8 Å². The third-order valence-corrected chi connectivity index (χ3v) is 3.30. The zero-order valence-corrected chi connectivity index (χ0v) is 13.0. The van der Waals surface area contributed by atoms with E-state index in [1.165, 1.54) is 17.1 Å². The maximum absolute atomic E-state index is 12.2. The number of urea groups is 1. The summed E-state index contributed by atoms with van der Waals surface area (Å²) in [5.74, 6) is 0. The van der Waals surface area contributed by atoms with Gasteiger partial charge in [-0.2, -0.15) is 5.10 Å². The summed E-state index contributed by atoms with van der Waals surface area (Å²) < 4.78 is 7.19. The molecule has 1 saturated heterocycles. The van der Waals surface area contributed by atoms with Crippen LogP contribution in [0.25, 0.3) is 0 Å². The molecule has 0 bridgehead atoms. The second kappa shape index (κ2) is 6.30. The van der Waals surface area contributed by atoms with Crippen molar-refractivity contribution in [3.8, 4) is 0 Å².